The van der Waals surface area contributed by atoms with Crippen molar-refractivity contribution >= 4 is 23.4 Å². The van der Waals surface area contributed by atoms with Crippen molar-refractivity contribution in [2.24, 2.45) is 0 Å². The van der Waals surface area contributed by atoms with E-state index in [1.54, 1.807) is 6.20 Å². The van der Waals surface area contributed by atoms with Crippen molar-refractivity contribution < 1.29 is 4.39 Å². The molecule has 2 nitrogen and oxygen atoms in total. The van der Waals surface area contributed by atoms with Gasteiger partial charge in [-0.2, -0.15) is 0 Å². The fourth-order valence-corrected chi connectivity index (χ4v) is 4.18. The number of halogens is 2. The molecule has 1 heterocycles. The van der Waals surface area contributed by atoms with Crippen LogP contribution in [0.1, 0.15) is 18.9 Å². The zero-order chi connectivity index (χ0) is 17.7. The quantitative estimate of drug-likeness (QED) is 0.482. The van der Waals surface area contributed by atoms with Crippen LogP contribution in [0.25, 0.3) is 0 Å². The lowest BCUT2D eigenvalue weighted by atomic mass is 9.97. The maximum absolute atomic E-state index is 13.2. The second-order valence-electron chi connectivity index (χ2n) is 6.36. The number of nitrogens with zero attached hydrogens (tertiary/aromatic N) is 2. The number of imidazole rings is 1. The molecule has 1 unspecified atom stereocenters. The number of thioether (sulfide) groups is 1. The molecule has 3 aromatic rings. The van der Waals surface area contributed by atoms with E-state index in [4.69, 9.17) is 11.6 Å². The van der Waals surface area contributed by atoms with Gasteiger partial charge in [0, 0.05) is 33.6 Å². The molecule has 0 aliphatic carbocycles. The van der Waals surface area contributed by atoms with Gasteiger partial charge in [0.15, 0.2) is 0 Å². The second kappa shape index (κ2) is 8.07. The summed E-state index contributed by atoms with van der Waals surface area (Å²) in [4.78, 5) is 5.29. The van der Waals surface area contributed by atoms with E-state index < -0.39 is 0 Å². The summed E-state index contributed by atoms with van der Waals surface area (Å²) in [5, 5.41) is 0.739. The maximum Gasteiger partial charge on any atom is 0.123 e. The normalized spacial score (nSPS) is 13.6. The third kappa shape index (κ3) is 5.35. The average Bonchev–Trinajstić information content (AvgIpc) is 3.11. The smallest absolute Gasteiger partial charge is 0.123 e. The molecular weight excluding hydrogens is 355 g/mol. The van der Waals surface area contributed by atoms with Crippen LogP contribution in [0.2, 0.25) is 5.02 Å². The van der Waals surface area contributed by atoms with Crippen molar-refractivity contribution in [1.29, 1.82) is 0 Å². The minimum atomic E-state index is -0.200. The van der Waals surface area contributed by atoms with Crippen molar-refractivity contribution in [3.05, 3.63) is 83.7 Å². The number of hydrogen-bond donors (Lipinski definition) is 0. The van der Waals surface area contributed by atoms with Crippen molar-refractivity contribution in [2.45, 2.75) is 36.0 Å². The van der Waals surface area contributed by atoms with Crippen LogP contribution in [0.15, 0.2) is 72.1 Å². The van der Waals surface area contributed by atoms with Crippen molar-refractivity contribution in [3.63, 3.8) is 0 Å². The van der Waals surface area contributed by atoms with Crippen LogP contribution in [0.3, 0.4) is 0 Å². The second-order valence-corrected chi connectivity index (χ2v) is 8.46. The third-order valence-electron chi connectivity index (χ3n) is 4.13. The molecule has 130 valence electrons. The Morgan fingerprint density at radius 1 is 1.12 bits per heavy atom. The average molecular weight is 375 g/mol. The molecule has 0 spiro atoms. The molecule has 0 fully saturated rings. The number of aromatic nitrogens is 2. The van der Waals surface area contributed by atoms with Gasteiger partial charge >= 0.3 is 0 Å². The first-order chi connectivity index (χ1) is 12.0. The van der Waals surface area contributed by atoms with Gasteiger partial charge in [0.2, 0.25) is 0 Å². The molecule has 25 heavy (non-hydrogen) atoms. The highest BCUT2D eigenvalue weighted by Gasteiger charge is 2.26. The molecule has 0 aliphatic rings. The van der Waals surface area contributed by atoms with E-state index in [1.807, 2.05) is 60.7 Å². The van der Waals surface area contributed by atoms with Gasteiger partial charge < -0.3 is 4.57 Å². The zero-order valence-corrected chi connectivity index (χ0v) is 15.6. The fraction of sp³-hybridized carbons (Fsp3) is 0.250. The van der Waals surface area contributed by atoms with E-state index in [9.17, 15) is 4.39 Å². The molecule has 0 radical (unpaired) electrons. The number of rotatable bonds is 7. The molecule has 1 aromatic heterocycles. The molecule has 0 amide bonds. The van der Waals surface area contributed by atoms with E-state index in [2.05, 4.69) is 16.5 Å². The van der Waals surface area contributed by atoms with E-state index in [0.29, 0.717) is 0 Å². The van der Waals surface area contributed by atoms with E-state index in [-0.39, 0.29) is 10.6 Å². The molecule has 0 N–H and O–H groups in total. The molecule has 2 aromatic carbocycles. The Hall–Kier alpha value is -1.78. The third-order valence-corrected chi connectivity index (χ3v) is 5.73. The first kappa shape index (κ1) is 18.0. The van der Waals surface area contributed by atoms with Gasteiger partial charge in [-0.3, -0.25) is 0 Å². The molecule has 0 saturated heterocycles. The van der Waals surface area contributed by atoms with Crippen LogP contribution in [0.4, 0.5) is 4.39 Å². The zero-order valence-electron chi connectivity index (χ0n) is 14.0. The minimum absolute atomic E-state index is 0.0318. The summed E-state index contributed by atoms with van der Waals surface area (Å²) in [6.45, 7) is 3.14. The molecule has 0 saturated carbocycles. The fourth-order valence-electron chi connectivity index (χ4n) is 2.78. The standard InChI is InChI=1S/C20H20ClFN2S/c1-20(10-12-24-13-11-23-15-24,14-16-2-6-18(22)7-3-16)25-19-8-4-17(21)5-9-19/h2-9,11,13,15H,10,12,14H2,1H3. The highest BCUT2D eigenvalue weighted by molar-refractivity contribution is 8.00. The van der Waals surface area contributed by atoms with Gasteiger partial charge in [-0.25, -0.2) is 9.37 Å². The Kier molecular flexibility index (Phi) is 5.82. The van der Waals surface area contributed by atoms with Crippen LogP contribution >= 0.6 is 23.4 Å². The Morgan fingerprint density at radius 3 is 2.48 bits per heavy atom. The number of aryl methyl sites for hydroxylation is 1. The lowest BCUT2D eigenvalue weighted by molar-refractivity contribution is 0.518. The Labute approximate surface area is 157 Å². The summed E-state index contributed by atoms with van der Waals surface area (Å²) in [6, 6.07) is 14.7. The first-order valence-electron chi connectivity index (χ1n) is 8.17. The van der Waals surface area contributed by atoms with Gasteiger partial charge in [0.05, 0.1) is 6.33 Å². The van der Waals surface area contributed by atoms with Crippen molar-refractivity contribution in [2.75, 3.05) is 0 Å². The minimum Gasteiger partial charge on any atom is -0.337 e. The Morgan fingerprint density at radius 2 is 1.84 bits per heavy atom. The summed E-state index contributed by atoms with van der Waals surface area (Å²) in [7, 11) is 0. The van der Waals surface area contributed by atoms with Gasteiger partial charge in [-0.1, -0.05) is 23.7 Å². The van der Waals surface area contributed by atoms with Gasteiger partial charge in [-0.05, 0) is 61.7 Å². The van der Waals surface area contributed by atoms with E-state index in [1.165, 1.54) is 17.0 Å². The van der Waals surface area contributed by atoms with Gasteiger partial charge in [0.25, 0.3) is 0 Å². The Balaban J connectivity index is 1.78. The van der Waals surface area contributed by atoms with Crippen LogP contribution < -0.4 is 0 Å². The number of hydrogen-bond acceptors (Lipinski definition) is 2. The summed E-state index contributed by atoms with van der Waals surface area (Å²) in [6.07, 6.45) is 7.43. The summed E-state index contributed by atoms with van der Waals surface area (Å²) in [5.74, 6) is -0.200. The van der Waals surface area contributed by atoms with Crippen LogP contribution in [0, 0.1) is 5.82 Å². The summed E-state index contributed by atoms with van der Waals surface area (Å²) >= 11 is 7.84. The largest absolute Gasteiger partial charge is 0.337 e. The number of benzene rings is 2. The molecule has 0 aliphatic heterocycles. The summed E-state index contributed by atoms with van der Waals surface area (Å²) < 4.78 is 15.3. The van der Waals surface area contributed by atoms with Crippen LogP contribution in [-0.2, 0) is 13.0 Å². The highest BCUT2D eigenvalue weighted by atomic mass is 35.5. The van der Waals surface area contributed by atoms with Crippen LogP contribution in [0.5, 0.6) is 0 Å². The van der Waals surface area contributed by atoms with Gasteiger partial charge in [-0.15, -0.1) is 11.8 Å². The van der Waals surface area contributed by atoms with Crippen molar-refractivity contribution in [3.8, 4) is 0 Å². The monoisotopic (exact) mass is 374 g/mol. The van der Waals surface area contributed by atoms with Crippen molar-refractivity contribution in [1.82, 2.24) is 9.55 Å². The van der Waals surface area contributed by atoms with Crippen LogP contribution in [-0.4, -0.2) is 14.3 Å². The SMILES string of the molecule is CC(CCn1ccnc1)(Cc1ccc(F)cc1)Sc1ccc(Cl)cc1. The predicted molar refractivity (Wildman–Crippen MR) is 103 cm³/mol. The maximum atomic E-state index is 13.2. The lowest BCUT2D eigenvalue weighted by Gasteiger charge is -2.29. The summed E-state index contributed by atoms with van der Waals surface area (Å²) in [5.41, 5.74) is 1.14. The molecule has 0 bridgehead atoms. The lowest BCUT2D eigenvalue weighted by Crippen LogP contribution is -2.25. The molecule has 5 heteroatoms. The van der Waals surface area contributed by atoms with E-state index in [0.717, 1.165) is 30.0 Å². The van der Waals surface area contributed by atoms with Gasteiger partial charge in [0.1, 0.15) is 5.82 Å². The highest BCUT2D eigenvalue weighted by Crippen LogP contribution is 2.39. The Bertz CT molecular complexity index is 738. The topological polar surface area (TPSA) is 17.8 Å². The predicted octanol–water partition coefficient (Wildman–Crippen LogP) is 5.86. The molecular formula is C20H20ClFN2S. The molecule has 3 rings (SSSR count). The van der Waals surface area contributed by atoms with E-state index >= 15 is 0 Å². The first-order valence-corrected chi connectivity index (χ1v) is 9.37. The molecule has 1 atom stereocenters.